The summed E-state index contributed by atoms with van der Waals surface area (Å²) in [5.41, 5.74) is 5.68. The van der Waals surface area contributed by atoms with Gasteiger partial charge in [0.1, 0.15) is 5.75 Å². The summed E-state index contributed by atoms with van der Waals surface area (Å²) < 4.78 is 0. The fourth-order valence-corrected chi connectivity index (χ4v) is 2.60. The molecule has 2 N–H and O–H groups in total. The third-order valence-corrected chi connectivity index (χ3v) is 3.91. The van der Waals surface area contributed by atoms with Crippen molar-refractivity contribution in [2.24, 2.45) is 5.10 Å². The van der Waals surface area contributed by atoms with Crippen LogP contribution in [0, 0.1) is 0 Å². The third-order valence-electron chi connectivity index (χ3n) is 2.91. The van der Waals surface area contributed by atoms with Crippen molar-refractivity contribution in [3.63, 3.8) is 0 Å². The predicted octanol–water partition coefficient (Wildman–Crippen LogP) is 4.62. The number of thiazole rings is 1. The van der Waals surface area contributed by atoms with Gasteiger partial charge < -0.3 is 5.11 Å². The van der Waals surface area contributed by atoms with E-state index in [1.54, 1.807) is 30.5 Å². The number of phenols is 1. The number of nitrogens with one attached hydrogen (secondary N) is 1. The van der Waals surface area contributed by atoms with Crippen LogP contribution in [0.1, 0.15) is 5.56 Å². The Morgan fingerprint density at radius 3 is 2.55 bits per heavy atom. The van der Waals surface area contributed by atoms with Gasteiger partial charge in [-0.25, -0.2) is 4.98 Å². The first kappa shape index (κ1) is 14.6. The fraction of sp³-hybridized carbons (Fsp3) is 0. The number of rotatable bonds is 4. The highest BCUT2D eigenvalue weighted by Gasteiger charge is 2.03. The van der Waals surface area contributed by atoms with Crippen LogP contribution >= 0.6 is 22.9 Å². The molecule has 0 aliphatic rings. The molecule has 1 aromatic heterocycles. The van der Waals surface area contributed by atoms with Gasteiger partial charge in [-0.2, -0.15) is 5.10 Å². The minimum Gasteiger partial charge on any atom is -0.508 e. The fourth-order valence-electron chi connectivity index (χ4n) is 1.80. The van der Waals surface area contributed by atoms with E-state index in [9.17, 15) is 5.11 Å². The molecule has 0 aliphatic carbocycles. The predicted molar refractivity (Wildman–Crippen MR) is 91.9 cm³/mol. The summed E-state index contributed by atoms with van der Waals surface area (Å²) in [6.45, 7) is 0. The maximum absolute atomic E-state index is 9.21. The number of nitrogens with zero attached hydrogens (tertiary/aromatic N) is 2. The molecule has 0 unspecified atom stereocenters. The first-order valence-electron chi connectivity index (χ1n) is 6.50. The molecule has 1 heterocycles. The normalized spacial score (nSPS) is 11.0. The summed E-state index contributed by atoms with van der Waals surface area (Å²) in [7, 11) is 0. The standard InChI is InChI=1S/C16H12ClN3OS/c17-13-5-3-12(4-6-13)15-10-22-16(19-15)20-18-9-11-1-7-14(21)8-2-11/h1-10,21H,(H,19,20)/b18-9+. The number of aromatic nitrogens is 1. The second kappa shape index (κ2) is 6.60. The first-order valence-corrected chi connectivity index (χ1v) is 7.76. The monoisotopic (exact) mass is 329 g/mol. The Morgan fingerprint density at radius 2 is 1.82 bits per heavy atom. The number of halogens is 1. The molecular formula is C16H12ClN3OS. The smallest absolute Gasteiger partial charge is 0.203 e. The zero-order valence-corrected chi connectivity index (χ0v) is 13.0. The van der Waals surface area contributed by atoms with Gasteiger partial charge in [0, 0.05) is 16.0 Å². The van der Waals surface area contributed by atoms with Gasteiger partial charge in [0.05, 0.1) is 11.9 Å². The second-order valence-electron chi connectivity index (χ2n) is 4.51. The summed E-state index contributed by atoms with van der Waals surface area (Å²) in [5, 5.41) is 16.7. The van der Waals surface area contributed by atoms with Gasteiger partial charge in [-0.05, 0) is 42.0 Å². The van der Waals surface area contributed by atoms with Crippen LogP contribution in [0.4, 0.5) is 5.13 Å². The molecular weight excluding hydrogens is 318 g/mol. The Labute approximate surface area is 136 Å². The Kier molecular flexibility index (Phi) is 4.37. The van der Waals surface area contributed by atoms with Crippen molar-refractivity contribution in [1.82, 2.24) is 4.98 Å². The maximum Gasteiger partial charge on any atom is 0.203 e. The van der Waals surface area contributed by atoms with Crippen LogP contribution in [0.2, 0.25) is 5.02 Å². The molecule has 110 valence electrons. The van der Waals surface area contributed by atoms with Crippen LogP contribution in [0.5, 0.6) is 5.75 Å². The van der Waals surface area contributed by atoms with Crippen LogP contribution in [-0.2, 0) is 0 Å². The number of hydrogen-bond donors (Lipinski definition) is 2. The van der Waals surface area contributed by atoms with Crippen molar-refractivity contribution in [2.75, 3.05) is 5.43 Å². The van der Waals surface area contributed by atoms with E-state index in [0.29, 0.717) is 10.2 Å². The molecule has 2 aromatic carbocycles. The lowest BCUT2D eigenvalue weighted by atomic mass is 10.2. The zero-order valence-electron chi connectivity index (χ0n) is 11.4. The lowest BCUT2D eigenvalue weighted by Crippen LogP contribution is -1.90. The SMILES string of the molecule is Oc1ccc(/C=N/Nc2nc(-c3ccc(Cl)cc3)cs2)cc1. The molecule has 0 spiro atoms. The Hall–Kier alpha value is -2.37. The van der Waals surface area contributed by atoms with Gasteiger partial charge in [0.25, 0.3) is 0 Å². The van der Waals surface area contributed by atoms with Gasteiger partial charge in [-0.1, -0.05) is 23.7 Å². The molecule has 0 atom stereocenters. The van der Waals surface area contributed by atoms with E-state index >= 15 is 0 Å². The van der Waals surface area contributed by atoms with Crippen molar-refractivity contribution < 1.29 is 5.11 Å². The quantitative estimate of drug-likeness (QED) is 0.542. The topological polar surface area (TPSA) is 57.5 Å². The number of hydrogen-bond acceptors (Lipinski definition) is 5. The van der Waals surface area contributed by atoms with Crippen LogP contribution in [0.25, 0.3) is 11.3 Å². The van der Waals surface area contributed by atoms with E-state index in [1.165, 1.54) is 11.3 Å². The van der Waals surface area contributed by atoms with Gasteiger partial charge in [0.15, 0.2) is 0 Å². The highest BCUT2D eigenvalue weighted by molar-refractivity contribution is 7.14. The summed E-state index contributed by atoms with van der Waals surface area (Å²) in [4.78, 5) is 4.47. The largest absolute Gasteiger partial charge is 0.508 e. The molecule has 0 aliphatic heterocycles. The van der Waals surface area contributed by atoms with Crippen LogP contribution < -0.4 is 5.43 Å². The van der Waals surface area contributed by atoms with Crippen molar-refractivity contribution >= 4 is 34.3 Å². The molecule has 0 saturated heterocycles. The van der Waals surface area contributed by atoms with Crippen molar-refractivity contribution in [2.45, 2.75) is 0 Å². The van der Waals surface area contributed by atoms with Crippen molar-refractivity contribution in [3.05, 3.63) is 64.5 Å². The second-order valence-corrected chi connectivity index (χ2v) is 5.80. The summed E-state index contributed by atoms with van der Waals surface area (Å²) in [5.74, 6) is 0.234. The molecule has 3 aromatic rings. The molecule has 0 radical (unpaired) electrons. The van der Waals surface area contributed by atoms with Gasteiger partial charge in [0.2, 0.25) is 5.13 Å². The highest BCUT2D eigenvalue weighted by Crippen LogP contribution is 2.25. The Bertz CT molecular complexity index is 782. The van der Waals surface area contributed by atoms with Crippen LogP contribution in [0.15, 0.2) is 59.0 Å². The lowest BCUT2D eigenvalue weighted by Gasteiger charge is -1.97. The van der Waals surface area contributed by atoms with E-state index in [-0.39, 0.29) is 5.75 Å². The third kappa shape index (κ3) is 3.63. The molecule has 0 fully saturated rings. The lowest BCUT2D eigenvalue weighted by molar-refractivity contribution is 0.475. The average molecular weight is 330 g/mol. The first-order chi connectivity index (χ1) is 10.7. The maximum atomic E-state index is 9.21. The molecule has 0 saturated carbocycles. The van der Waals surface area contributed by atoms with Gasteiger partial charge >= 0.3 is 0 Å². The van der Waals surface area contributed by atoms with Crippen molar-refractivity contribution in [1.29, 1.82) is 0 Å². The minimum atomic E-state index is 0.234. The number of benzene rings is 2. The number of anilines is 1. The number of phenolic OH excluding ortho intramolecular Hbond substituents is 1. The zero-order chi connectivity index (χ0) is 15.4. The Balaban J connectivity index is 1.66. The van der Waals surface area contributed by atoms with Crippen molar-refractivity contribution in [3.8, 4) is 17.0 Å². The summed E-state index contributed by atoms with van der Waals surface area (Å²) in [6.07, 6.45) is 1.67. The number of hydrazone groups is 1. The van der Waals surface area contributed by atoms with E-state index < -0.39 is 0 Å². The van der Waals surface area contributed by atoms with Crippen LogP contribution in [0.3, 0.4) is 0 Å². The van der Waals surface area contributed by atoms with E-state index in [0.717, 1.165) is 16.8 Å². The summed E-state index contributed by atoms with van der Waals surface area (Å²) >= 11 is 7.35. The molecule has 0 amide bonds. The average Bonchev–Trinajstić information content (AvgIpc) is 2.99. The summed E-state index contributed by atoms with van der Waals surface area (Å²) in [6, 6.07) is 14.3. The Morgan fingerprint density at radius 1 is 1.09 bits per heavy atom. The molecule has 6 heteroatoms. The minimum absolute atomic E-state index is 0.234. The molecule has 22 heavy (non-hydrogen) atoms. The molecule has 3 rings (SSSR count). The van der Waals surface area contributed by atoms with E-state index in [2.05, 4.69) is 15.5 Å². The van der Waals surface area contributed by atoms with E-state index in [4.69, 9.17) is 11.6 Å². The van der Waals surface area contributed by atoms with Gasteiger partial charge in [-0.15, -0.1) is 11.3 Å². The number of aromatic hydroxyl groups is 1. The van der Waals surface area contributed by atoms with Gasteiger partial charge in [-0.3, -0.25) is 5.43 Å². The molecule has 0 bridgehead atoms. The van der Waals surface area contributed by atoms with Crippen LogP contribution in [-0.4, -0.2) is 16.3 Å². The van der Waals surface area contributed by atoms with E-state index in [1.807, 2.05) is 29.6 Å². The molecule has 4 nitrogen and oxygen atoms in total. The highest BCUT2D eigenvalue weighted by atomic mass is 35.5.